The molecule has 3 aromatic rings. The summed E-state index contributed by atoms with van der Waals surface area (Å²) in [5.41, 5.74) is 3.77. The molecule has 190 valence electrons. The summed E-state index contributed by atoms with van der Waals surface area (Å²) in [5.74, 6) is 0.0752. The average Bonchev–Trinajstić information content (AvgIpc) is 3.23. The molecule has 1 amide bonds. The van der Waals surface area contributed by atoms with Gasteiger partial charge in [-0.05, 0) is 67.0 Å². The largest absolute Gasteiger partial charge is 0.340 e. The molecule has 2 aliphatic rings. The Labute approximate surface area is 218 Å². The van der Waals surface area contributed by atoms with Crippen LogP contribution >= 0.6 is 11.3 Å². The predicted molar refractivity (Wildman–Crippen MR) is 144 cm³/mol. The van der Waals surface area contributed by atoms with Crippen molar-refractivity contribution >= 4 is 27.3 Å². The lowest BCUT2D eigenvalue weighted by Crippen LogP contribution is -2.51. The van der Waals surface area contributed by atoms with Crippen LogP contribution in [0.1, 0.15) is 41.0 Å². The molecule has 0 unspecified atom stereocenters. The quantitative estimate of drug-likeness (QED) is 0.500. The van der Waals surface area contributed by atoms with E-state index in [1.54, 1.807) is 35.6 Å². The van der Waals surface area contributed by atoms with E-state index in [0.29, 0.717) is 37.5 Å². The lowest BCUT2D eigenvalue weighted by molar-refractivity contribution is -0.137. The number of carbonyl (C=O) groups is 1. The number of sulfonamides is 1. The van der Waals surface area contributed by atoms with Gasteiger partial charge in [0.05, 0.1) is 17.0 Å². The van der Waals surface area contributed by atoms with Crippen LogP contribution in [0.3, 0.4) is 0 Å². The van der Waals surface area contributed by atoms with Gasteiger partial charge in [0.2, 0.25) is 15.9 Å². The second-order valence-electron chi connectivity index (χ2n) is 9.62. The topological polar surface area (TPSA) is 60.9 Å². The Balaban J connectivity index is 1.35. The number of hydrogen-bond acceptors (Lipinski definition) is 5. The van der Waals surface area contributed by atoms with Gasteiger partial charge in [-0.1, -0.05) is 42.5 Å². The lowest BCUT2D eigenvalue weighted by Gasteiger charge is -2.41. The number of benzene rings is 2. The Morgan fingerprint density at radius 1 is 0.917 bits per heavy atom. The molecule has 0 bridgehead atoms. The van der Waals surface area contributed by atoms with Crippen LogP contribution in [0.5, 0.6) is 0 Å². The first-order valence-electron chi connectivity index (χ1n) is 12.6. The first-order chi connectivity index (χ1) is 17.4. The van der Waals surface area contributed by atoms with Crippen LogP contribution in [0.4, 0.5) is 0 Å². The average molecular weight is 524 g/mol. The van der Waals surface area contributed by atoms with Crippen molar-refractivity contribution in [3.8, 4) is 0 Å². The zero-order valence-corrected chi connectivity index (χ0v) is 22.5. The van der Waals surface area contributed by atoms with Crippen molar-refractivity contribution in [1.82, 2.24) is 14.1 Å². The third kappa shape index (κ3) is 4.75. The van der Waals surface area contributed by atoms with E-state index >= 15 is 0 Å². The molecule has 1 aromatic heterocycles. The molecule has 0 spiro atoms. The van der Waals surface area contributed by atoms with Gasteiger partial charge in [-0.3, -0.25) is 9.69 Å². The molecule has 36 heavy (non-hydrogen) atoms. The van der Waals surface area contributed by atoms with Crippen molar-refractivity contribution in [2.75, 3.05) is 32.7 Å². The van der Waals surface area contributed by atoms with Crippen LogP contribution in [0.2, 0.25) is 0 Å². The molecule has 0 N–H and O–H groups in total. The van der Waals surface area contributed by atoms with Crippen molar-refractivity contribution in [1.29, 1.82) is 0 Å². The van der Waals surface area contributed by atoms with Crippen molar-refractivity contribution in [2.45, 2.75) is 43.7 Å². The number of hydrogen-bond donors (Lipinski definition) is 0. The van der Waals surface area contributed by atoms with E-state index < -0.39 is 10.0 Å². The fraction of sp³-hybridized carbons (Fsp3) is 0.393. The van der Waals surface area contributed by atoms with Gasteiger partial charge in [-0.25, -0.2) is 8.42 Å². The molecule has 2 aliphatic heterocycles. The van der Waals surface area contributed by atoms with Crippen LogP contribution < -0.4 is 0 Å². The maximum absolute atomic E-state index is 13.8. The van der Waals surface area contributed by atoms with Gasteiger partial charge in [0, 0.05) is 37.6 Å². The number of rotatable bonds is 5. The van der Waals surface area contributed by atoms with Crippen LogP contribution in [0.25, 0.3) is 0 Å². The normalized spacial score (nSPS) is 20.5. The highest BCUT2D eigenvalue weighted by Crippen LogP contribution is 2.40. The summed E-state index contributed by atoms with van der Waals surface area (Å²) in [6, 6.07) is 18.9. The Morgan fingerprint density at radius 3 is 2.44 bits per heavy atom. The van der Waals surface area contributed by atoms with Crippen molar-refractivity contribution < 1.29 is 13.2 Å². The second kappa shape index (κ2) is 10.5. The number of aryl methyl sites for hydroxylation is 1. The maximum Gasteiger partial charge on any atom is 0.243 e. The molecule has 0 aliphatic carbocycles. The molecule has 5 rings (SSSR count). The Bertz CT molecular complexity index is 1320. The number of amides is 1. The molecule has 6 nitrogen and oxygen atoms in total. The highest BCUT2D eigenvalue weighted by molar-refractivity contribution is 7.89. The van der Waals surface area contributed by atoms with E-state index in [9.17, 15) is 13.2 Å². The van der Waals surface area contributed by atoms with Gasteiger partial charge in [-0.2, -0.15) is 4.31 Å². The minimum absolute atomic E-state index is 0.0436. The summed E-state index contributed by atoms with van der Waals surface area (Å²) >= 11 is 1.80. The zero-order valence-electron chi connectivity index (χ0n) is 20.8. The number of fused-ring (bicyclic) bond motifs is 1. The summed E-state index contributed by atoms with van der Waals surface area (Å²) < 4.78 is 27.8. The van der Waals surface area contributed by atoms with Gasteiger partial charge in [0.1, 0.15) is 0 Å². The smallest absolute Gasteiger partial charge is 0.243 e. The summed E-state index contributed by atoms with van der Waals surface area (Å²) in [7, 11) is -3.57. The molecule has 0 saturated carbocycles. The lowest BCUT2D eigenvalue weighted by atomic mass is 9.89. The van der Waals surface area contributed by atoms with Crippen molar-refractivity contribution in [2.24, 2.45) is 0 Å². The Morgan fingerprint density at radius 2 is 1.67 bits per heavy atom. The monoisotopic (exact) mass is 523 g/mol. The highest BCUT2D eigenvalue weighted by atomic mass is 32.2. The third-order valence-electron chi connectivity index (χ3n) is 7.49. The number of nitrogens with zero attached hydrogens (tertiary/aromatic N) is 3. The standard InChI is InChI=1S/C28H33N3O3S2/c1-21-9-6-7-12-24(21)27-25-14-20-35-26(25)13-17-31(27)22(2)28(32)29-15-8-16-30(19-18-29)36(33,34)23-10-4-3-5-11-23/h3-7,9-12,14,20,22,27H,8,13,15-19H2,1-2H3/t22-,27-/m0/s1. The van der Waals surface area contributed by atoms with Gasteiger partial charge >= 0.3 is 0 Å². The van der Waals surface area contributed by atoms with Crippen LogP contribution in [0.15, 0.2) is 70.9 Å². The number of thiophene rings is 1. The predicted octanol–water partition coefficient (Wildman–Crippen LogP) is 4.32. The van der Waals surface area contributed by atoms with Gasteiger partial charge in [0.15, 0.2) is 0 Å². The van der Waals surface area contributed by atoms with E-state index in [-0.39, 0.29) is 18.0 Å². The van der Waals surface area contributed by atoms with E-state index in [0.717, 1.165) is 13.0 Å². The molecule has 0 radical (unpaired) electrons. The Hall–Kier alpha value is -2.52. The van der Waals surface area contributed by atoms with Crippen LogP contribution in [-0.2, 0) is 21.2 Å². The highest BCUT2D eigenvalue weighted by Gasteiger charge is 2.38. The summed E-state index contributed by atoms with van der Waals surface area (Å²) in [6.07, 6.45) is 1.57. The zero-order chi connectivity index (χ0) is 25.3. The van der Waals surface area contributed by atoms with E-state index in [1.165, 1.54) is 25.9 Å². The molecular weight excluding hydrogens is 490 g/mol. The van der Waals surface area contributed by atoms with Crippen molar-refractivity contribution in [3.05, 3.63) is 87.6 Å². The molecule has 8 heteroatoms. The SMILES string of the molecule is Cc1ccccc1[C@H]1c2ccsc2CCN1[C@@H](C)C(=O)N1CCCN(S(=O)(=O)c2ccccc2)CC1. The molecule has 2 aromatic carbocycles. The fourth-order valence-electron chi connectivity index (χ4n) is 5.49. The first kappa shape index (κ1) is 25.1. The van der Waals surface area contributed by atoms with Gasteiger partial charge in [0.25, 0.3) is 0 Å². The molecule has 3 heterocycles. The molecular formula is C28H33N3O3S2. The third-order valence-corrected chi connectivity index (χ3v) is 10.4. The fourth-order valence-corrected chi connectivity index (χ4v) is 7.89. The van der Waals surface area contributed by atoms with E-state index in [1.807, 2.05) is 17.9 Å². The van der Waals surface area contributed by atoms with Crippen molar-refractivity contribution in [3.63, 3.8) is 0 Å². The second-order valence-corrected chi connectivity index (χ2v) is 12.6. The van der Waals surface area contributed by atoms with E-state index in [4.69, 9.17) is 0 Å². The molecule has 2 atom stereocenters. The summed E-state index contributed by atoms with van der Waals surface area (Å²) in [5, 5.41) is 2.16. The van der Waals surface area contributed by atoms with Crippen LogP contribution in [0, 0.1) is 6.92 Å². The minimum Gasteiger partial charge on any atom is -0.340 e. The van der Waals surface area contributed by atoms with Gasteiger partial charge in [-0.15, -0.1) is 11.3 Å². The van der Waals surface area contributed by atoms with E-state index in [2.05, 4.69) is 47.5 Å². The van der Waals surface area contributed by atoms with Crippen LogP contribution in [-0.4, -0.2) is 67.2 Å². The summed E-state index contributed by atoms with van der Waals surface area (Å²) in [6.45, 7) is 6.67. The maximum atomic E-state index is 13.8. The molecule has 1 fully saturated rings. The first-order valence-corrected chi connectivity index (χ1v) is 14.9. The Kier molecular flexibility index (Phi) is 7.30. The van der Waals surface area contributed by atoms with Gasteiger partial charge < -0.3 is 4.90 Å². The molecule has 1 saturated heterocycles. The number of carbonyl (C=O) groups excluding carboxylic acids is 1. The summed E-state index contributed by atoms with van der Waals surface area (Å²) in [4.78, 5) is 19.7. The minimum atomic E-state index is -3.57.